The van der Waals surface area contributed by atoms with Crippen LogP contribution in [0.2, 0.25) is 0 Å². The van der Waals surface area contributed by atoms with Gasteiger partial charge in [-0.1, -0.05) is 0 Å². The molecule has 0 heterocycles. The van der Waals surface area contributed by atoms with E-state index < -0.39 is 6.09 Å². The number of nitrogens with two attached hydrogens (primary N) is 1. The topological polar surface area (TPSA) is 84.6 Å². The highest BCUT2D eigenvalue weighted by molar-refractivity contribution is 5.66. The summed E-state index contributed by atoms with van der Waals surface area (Å²) in [4.78, 5) is 10.6. The minimum absolute atomic E-state index is 0.0862. The SMILES string of the molecule is NNC(=O)OC1CCC(O)CC1. The van der Waals surface area contributed by atoms with E-state index in [0.29, 0.717) is 25.7 Å². The van der Waals surface area contributed by atoms with Crippen LogP contribution in [-0.4, -0.2) is 23.4 Å². The second-order valence-electron chi connectivity index (χ2n) is 2.98. The number of ether oxygens (including phenoxy) is 1. The number of hydrazine groups is 1. The summed E-state index contributed by atoms with van der Waals surface area (Å²) in [6, 6.07) is 0. The van der Waals surface area contributed by atoms with Crippen molar-refractivity contribution in [2.75, 3.05) is 0 Å². The first-order valence-corrected chi connectivity index (χ1v) is 4.07. The Hall–Kier alpha value is -0.810. The van der Waals surface area contributed by atoms with E-state index in [0.717, 1.165) is 0 Å². The van der Waals surface area contributed by atoms with E-state index in [4.69, 9.17) is 15.7 Å². The quantitative estimate of drug-likeness (QED) is 0.294. The number of carbonyl (C=O) groups is 1. The first-order chi connectivity index (χ1) is 5.72. The van der Waals surface area contributed by atoms with E-state index in [1.807, 2.05) is 5.43 Å². The lowest BCUT2D eigenvalue weighted by Crippen LogP contribution is -2.35. The van der Waals surface area contributed by atoms with Crippen LogP contribution in [-0.2, 0) is 4.74 Å². The highest BCUT2D eigenvalue weighted by atomic mass is 16.6. The molecule has 1 aliphatic carbocycles. The number of rotatable bonds is 1. The Balaban J connectivity index is 2.21. The fourth-order valence-electron chi connectivity index (χ4n) is 1.35. The molecule has 4 N–H and O–H groups in total. The molecule has 0 aromatic heterocycles. The van der Waals surface area contributed by atoms with Crippen molar-refractivity contribution in [3.8, 4) is 0 Å². The van der Waals surface area contributed by atoms with E-state index >= 15 is 0 Å². The number of aliphatic hydroxyl groups excluding tert-OH is 1. The number of hydrogen-bond acceptors (Lipinski definition) is 4. The van der Waals surface area contributed by atoms with Crippen LogP contribution in [0.3, 0.4) is 0 Å². The van der Waals surface area contributed by atoms with Gasteiger partial charge in [0.1, 0.15) is 6.10 Å². The van der Waals surface area contributed by atoms with Gasteiger partial charge < -0.3 is 9.84 Å². The third kappa shape index (κ3) is 2.67. The standard InChI is InChI=1S/C7H14N2O3/c8-9-7(11)12-6-3-1-5(10)2-4-6/h5-6,10H,1-4,8H2,(H,9,11). The van der Waals surface area contributed by atoms with Gasteiger partial charge in [0.2, 0.25) is 0 Å². The van der Waals surface area contributed by atoms with Crippen LogP contribution < -0.4 is 11.3 Å². The van der Waals surface area contributed by atoms with Crippen molar-refractivity contribution in [3.63, 3.8) is 0 Å². The molecule has 0 atom stereocenters. The lowest BCUT2D eigenvalue weighted by Gasteiger charge is -2.24. The molecule has 0 saturated heterocycles. The lowest BCUT2D eigenvalue weighted by atomic mass is 9.95. The number of nitrogens with one attached hydrogen (secondary N) is 1. The molecule has 5 heteroatoms. The van der Waals surface area contributed by atoms with Gasteiger partial charge in [-0.05, 0) is 25.7 Å². The summed E-state index contributed by atoms with van der Waals surface area (Å²) in [5.74, 6) is 4.84. The summed E-state index contributed by atoms with van der Waals surface area (Å²) in [6.07, 6.45) is 1.91. The van der Waals surface area contributed by atoms with E-state index in [1.54, 1.807) is 0 Å². The first-order valence-electron chi connectivity index (χ1n) is 4.07. The first kappa shape index (κ1) is 9.28. The van der Waals surface area contributed by atoms with Crippen molar-refractivity contribution in [2.24, 2.45) is 5.84 Å². The number of amides is 1. The van der Waals surface area contributed by atoms with Crippen LogP contribution in [0.15, 0.2) is 0 Å². The molecule has 1 fully saturated rings. The van der Waals surface area contributed by atoms with Crippen LogP contribution in [0.4, 0.5) is 4.79 Å². The van der Waals surface area contributed by atoms with Gasteiger partial charge in [-0.25, -0.2) is 10.6 Å². The van der Waals surface area contributed by atoms with Crippen LogP contribution in [0, 0.1) is 0 Å². The summed E-state index contributed by atoms with van der Waals surface area (Å²) in [6.45, 7) is 0. The van der Waals surface area contributed by atoms with Gasteiger partial charge in [0.05, 0.1) is 6.10 Å². The molecule has 5 nitrogen and oxygen atoms in total. The molecule has 0 unspecified atom stereocenters. The molecule has 1 saturated carbocycles. The molecule has 0 bridgehead atoms. The molecule has 12 heavy (non-hydrogen) atoms. The van der Waals surface area contributed by atoms with Crippen molar-refractivity contribution in [1.82, 2.24) is 5.43 Å². The molecule has 0 aromatic rings. The summed E-state index contributed by atoms with van der Waals surface area (Å²) >= 11 is 0. The molecule has 0 spiro atoms. The van der Waals surface area contributed by atoms with Gasteiger partial charge in [-0.3, -0.25) is 5.43 Å². The largest absolute Gasteiger partial charge is 0.445 e. The average Bonchev–Trinajstić information content (AvgIpc) is 2.09. The Kier molecular flexibility index (Phi) is 3.31. The maximum Gasteiger partial charge on any atom is 0.421 e. The smallest absolute Gasteiger partial charge is 0.421 e. The lowest BCUT2D eigenvalue weighted by molar-refractivity contribution is 0.0342. The molecule has 70 valence electrons. The second kappa shape index (κ2) is 4.27. The Labute approximate surface area is 70.9 Å². The van der Waals surface area contributed by atoms with Gasteiger partial charge in [0.25, 0.3) is 0 Å². The molecule has 0 aliphatic heterocycles. The predicted molar refractivity (Wildman–Crippen MR) is 42.1 cm³/mol. The van der Waals surface area contributed by atoms with Gasteiger partial charge in [-0.15, -0.1) is 0 Å². The Morgan fingerprint density at radius 2 is 2.00 bits per heavy atom. The van der Waals surface area contributed by atoms with Crippen LogP contribution in [0.25, 0.3) is 0 Å². The predicted octanol–water partition coefficient (Wildman–Crippen LogP) is -0.110. The van der Waals surface area contributed by atoms with Crippen LogP contribution in [0.1, 0.15) is 25.7 Å². The van der Waals surface area contributed by atoms with Crippen molar-refractivity contribution >= 4 is 6.09 Å². The van der Waals surface area contributed by atoms with Crippen molar-refractivity contribution < 1.29 is 14.6 Å². The van der Waals surface area contributed by atoms with Crippen molar-refractivity contribution in [1.29, 1.82) is 0 Å². The molecule has 1 amide bonds. The maximum absolute atomic E-state index is 10.6. The normalized spacial score (nSPS) is 29.5. The summed E-state index contributed by atoms with van der Waals surface area (Å²) in [7, 11) is 0. The van der Waals surface area contributed by atoms with Crippen LogP contribution in [0.5, 0.6) is 0 Å². The fourth-order valence-corrected chi connectivity index (χ4v) is 1.35. The Bertz CT molecular complexity index is 155. The van der Waals surface area contributed by atoms with Gasteiger partial charge in [-0.2, -0.15) is 0 Å². The number of hydrogen-bond donors (Lipinski definition) is 3. The van der Waals surface area contributed by atoms with Gasteiger partial charge in [0, 0.05) is 0 Å². The van der Waals surface area contributed by atoms with Gasteiger partial charge in [0.15, 0.2) is 0 Å². The molecular formula is C7H14N2O3. The highest BCUT2D eigenvalue weighted by Crippen LogP contribution is 2.20. The minimum atomic E-state index is -0.601. The molecule has 1 aliphatic rings. The summed E-state index contributed by atoms with van der Waals surface area (Å²) < 4.78 is 4.90. The molecule has 1 rings (SSSR count). The molecule has 0 radical (unpaired) electrons. The van der Waals surface area contributed by atoms with E-state index in [2.05, 4.69) is 0 Å². The van der Waals surface area contributed by atoms with Crippen molar-refractivity contribution in [3.05, 3.63) is 0 Å². The molecular weight excluding hydrogens is 160 g/mol. The van der Waals surface area contributed by atoms with E-state index in [1.165, 1.54) is 0 Å². The summed E-state index contributed by atoms with van der Waals surface area (Å²) in [5, 5.41) is 9.14. The number of aliphatic hydroxyl groups is 1. The Morgan fingerprint density at radius 1 is 1.42 bits per heavy atom. The minimum Gasteiger partial charge on any atom is -0.445 e. The second-order valence-corrected chi connectivity index (χ2v) is 2.98. The van der Waals surface area contributed by atoms with Crippen LogP contribution >= 0.6 is 0 Å². The zero-order valence-corrected chi connectivity index (χ0v) is 6.82. The highest BCUT2D eigenvalue weighted by Gasteiger charge is 2.21. The third-order valence-electron chi connectivity index (χ3n) is 2.04. The maximum atomic E-state index is 10.6. The Morgan fingerprint density at radius 3 is 2.50 bits per heavy atom. The average molecular weight is 174 g/mol. The zero-order valence-electron chi connectivity index (χ0n) is 6.82. The molecule has 0 aromatic carbocycles. The van der Waals surface area contributed by atoms with Crippen molar-refractivity contribution in [2.45, 2.75) is 37.9 Å². The third-order valence-corrected chi connectivity index (χ3v) is 2.04. The fraction of sp³-hybridized carbons (Fsp3) is 0.857. The summed E-state index contributed by atoms with van der Waals surface area (Å²) in [5.41, 5.74) is 1.90. The monoisotopic (exact) mass is 174 g/mol. The van der Waals surface area contributed by atoms with Gasteiger partial charge >= 0.3 is 6.09 Å². The number of carbonyl (C=O) groups excluding carboxylic acids is 1. The zero-order chi connectivity index (χ0) is 8.97. The van der Waals surface area contributed by atoms with E-state index in [9.17, 15) is 4.79 Å². The van der Waals surface area contributed by atoms with E-state index in [-0.39, 0.29) is 12.2 Å².